The fraction of sp³-hybridized carbons (Fsp3) is 0.227. The van der Waals surface area contributed by atoms with Crippen molar-refractivity contribution < 1.29 is 22.4 Å². The average Bonchev–Trinajstić information content (AvgIpc) is 3.26. The standard InChI is InChI=1S/C22H24N2O5S/c1-16-5-10-20(30(26,27)24-14-19-4-3-11-29-19)12-21(16)22(25)23-13-17-6-8-18(9-7-17)15-28-2/h3-12,24H,13-15H2,1-2H3,(H,23,25). The molecule has 0 aliphatic carbocycles. The van der Waals surface area contributed by atoms with Crippen LogP contribution in [0.3, 0.4) is 0 Å². The highest BCUT2D eigenvalue weighted by Crippen LogP contribution is 2.17. The highest BCUT2D eigenvalue weighted by atomic mass is 32.2. The van der Waals surface area contributed by atoms with Gasteiger partial charge in [0.15, 0.2) is 0 Å². The quantitative estimate of drug-likeness (QED) is 0.546. The molecule has 0 atom stereocenters. The van der Waals surface area contributed by atoms with E-state index in [1.54, 1.807) is 32.2 Å². The molecule has 0 aliphatic heterocycles. The van der Waals surface area contributed by atoms with Crippen LogP contribution in [-0.4, -0.2) is 21.4 Å². The zero-order valence-electron chi connectivity index (χ0n) is 16.8. The SMILES string of the molecule is COCc1ccc(CNC(=O)c2cc(S(=O)(=O)NCc3ccco3)ccc2C)cc1. The molecule has 0 unspecified atom stereocenters. The van der Waals surface area contributed by atoms with Gasteiger partial charge in [-0.2, -0.15) is 0 Å². The predicted molar refractivity (Wildman–Crippen MR) is 112 cm³/mol. The number of methoxy groups -OCH3 is 1. The van der Waals surface area contributed by atoms with Gasteiger partial charge in [0, 0.05) is 19.2 Å². The van der Waals surface area contributed by atoms with E-state index in [1.165, 1.54) is 18.4 Å². The van der Waals surface area contributed by atoms with E-state index < -0.39 is 10.0 Å². The molecule has 8 heteroatoms. The molecule has 0 saturated heterocycles. The molecule has 2 aromatic carbocycles. The lowest BCUT2D eigenvalue weighted by Crippen LogP contribution is -2.26. The molecule has 2 N–H and O–H groups in total. The lowest BCUT2D eigenvalue weighted by molar-refractivity contribution is 0.0950. The van der Waals surface area contributed by atoms with Crippen LogP contribution in [0.25, 0.3) is 0 Å². The molecule has 7 nitrogen and oxygen atoms in total. The second-order valence-corrected chi connectivity index (χ2v) is 8.58. The molecule has 0 spiro atoms. The van der Waals surface area contributed by atoms with Gasteiger partial charge < -0.3 is 14.5 Å². The minimum atomic E-state index is -3.79. The summed E-state index contributed by atoms with van der Waals surface area (Å²) in [6, 6.07) is 15.6. The van der Waals surface area contributed by atoms with Crippen molar-refractivity contribution in [2.24, 2.45) is 0 Å². The summed E-state index contributed by atoms with van der Waals surface area (Å²) in [6.45, 7) is 2.66. The van der Waals surface area contributed by atoms with Gasteiger partial charge in [0.25, 0.3) is 5.91 Å². The molecule has 0 aliphatic rings. The van der Waals surface area contributed by atoms with E-state index in [1.807, 2.05) is 24.3 Å². The van der Waals surface area contributed by atoms with E-state index in [2.05, 4.69) is 10.0 Å². The number of aryl methyl sites for hydroxylation is 1. The van der Waals surface area contributed by atoms with E-state index >= 15 is 0 Å². The second kappa shape index (κ2) is 9.71. The van der Waals surface area contributed by atoms with Crippen molar-refractivity contribution >= 4 is 15.9 Å². The molecule has 0 bridgehead atoms. The molecule has 1 amide bonds. The predicted octanol–water partition coefficient (Wildman–Crippen LogP) is 3.14. The smallest absolute Gasteiger partial charge is 0.251 e. The van der Waals surface area contributed by atoms with Crippen LogP contribution in [-0.2, 0) is 34.5 Å². The number of ether oxygens (including phenoxy) is 1. The Morgan fingerprint density at radius 2 is 1.77 bits per heavy atom. The van der Waals surface area contributed by atoms with Crippen LogP contribution in [0.2, 0.25) is 0 Å². The molecule has 0 saturated carbocycles. The van der Waals surface area contributed by atoms with Crippen molar-refractivity contribution in [3.63, 3.8) is 0 Å². The van der Waals surface area contributed by atoms with E-state index in [4.69, 9.17) is 9.15 Å². The maximum Gasteiger partial charge on any atom is 0.251 e. The Balaban J connectivity index is 1.68. The van der Waals surface area contributed by atoms with Crippen LogP contribution >= 0.6 is 0 Å². The number of hydrogen-bond acceptors (Lipinski definition) is 5. The van der Waals surface area contributed by atoms with Crippen molar-refractivity contribution in [2.45, 2.75) is 31.5 Å². The molecule has 3 rings (SSSR count). The molecule has 0 radical (unpaired) electrons. The number of benzene rings is 2. The Morgan fingerprint density at radius 1 is 1.03 bits per heavy atom. The minimum Gasteiger partial charge on any atom is -0.468 e. The fourth-order valence-corrected chi connectivity index (χ4v) is 3.89. The van der Waals surface area contributed by atoms with Gasteiger partial charge in [-0.25, -0.2) is 13.1 Å². The van der Waals surface area contributed by atoms with Crippen LogP contribution in [0.1, 0.15) is 32.8 Å². The van der Waals surface area contributed by atoms with Crippen LogP contribution in [0.15, 0.2) is 70.2 Å². The summed E-state index contributed by atoms with van der Waals surface area (Å²) in [4.78, 5) is 12.7. The van der Waals surface area contributed by atoms with Gasteiger partial charge >= 0.3 is 0 Å². The molecule has 1 aromatic heterocycles. The number of carbonyl (C=O) groups is 1. The summed E-state index contributed by atoms with van der Waals surface area (Å²) >= 11 is 0. The van der Waals surface area contributed by atoms with Gasteiger partial charge in [0.05, 0.1) is 24.3 Å². The summed E-state index contributed by atoms with van der Waals surface area (Å²) in [5, 5.41) is 2.84. The minimum absolute atomic E-state index is 0.0220. The molecular formula is C22H24N2O5S. The zero-order valence-corrected chi connectivity index (χ0v) is 17.7. The number of furan rings is 1. The summed E-state index contributed by atoms with van der Waals surface area (Å²) in [6.07, 6.45) is 1.48. The Morgan fingerprint density at radius 3 is 2.43 bits per heavy atom. The van der Waals surface area contributed by atoms with Gasteiger partial charge in [-0.05, 0) is 47.9 Å². The van der Waals surface area contributed by atoms with Gasteiger partial charge in [-0.1, -0.05) is 30.3 Å². The monoisotopic (exact) mass is 428 g/mol. The third-order valence-electron chi connectivity index (χ3n) is 4.57. The number of amides is 1. The van der Waals surface area contributed by atoms with E-state index in [0.29, 0.717) is 30.0 Å². The first-order chi connectivity index (χ1) is 14.4. The third kappa shape index (κ3) is 5.56. The summed E-state index contributed by atoms with van der Waals surface area (Å²) in [5.74, 6) is 0.164. The topological polar surface area (TPSA) is 97.6 Å². The summed E-state index contributed by atoms with van der Waals surface area (Å²) in [5.41, 5.74) is 2.98. The van der Waals surface area contributed by atoms with Crippen LogP contribution < -0.4 is 10.0 Å². The molecule has 3 aromatic rings. The van der Waals surface area contributed by atoms with Gasteiger partial charge in [0.2, 0.25) is 10.0 Å². The van der Waals surface area contributed by atoms with E-state index in [9.17, 15) is 13.2 Å². The van der Waals surface area contributed by atoms with E-state index in [-0.39, 0.29) is 17.3 Å². The normalized spacial score (nSPS) is 11.4. The summed E-state index contributed by atoms with van der Waals surface area (Å²) in [7, 11) is -2.15. The van der Waals surface area contributed by atoms with Gasteiger partial charge in [-0.3, -0.25) is 4.79 Å². The van der Waals surface area contributed by atoms with Crippen molar-refractivity contribution in [3.05, 3.63) is 88.9 Å². The molecule has 158 valence electrons. The molecule has 1 heterocycles. The largest absolute Gasteiger partial charge is 0.468 e. The first-order valence-corrected chi connectivity index (χ1v) is 10.8. The number of carbonyl (C=O) groups excluding carboxylic acids is 1. The average molecular weight is 429 g/mol. The molecule has 30 heavy (non-hydrogen) atoms. The Bertz CT molecular complexity index is 1090. The first kappa shape index (κ1) is 21.8. The lowest BCUT2D eigenvalue weighted by Gasteiger charge is -2.11. The van der Waals surface area contributed by atoms with Gasteiger partial charge in [0.1, 0.15) is 5.76 Å². The molecule has 0 fully saturated rings. The van der Waals surface area contributed by atoms with Crippen molar-refractivity contribution in [2.75, 3.05) is 7.11 Å². The first-order valence-electron chi connectivity index (χ1n) is 9.36. The Labute approximate surface area is 176 Å². The zero-order chi connectivity index (χ0) is 21.6. The maximum atomic E-state index is 12.7. The number of sulfonamides is 1. The van der Waals surface area contributed by atoms with Crippen molar-refractivity contribution in [1.82, 2.24) is 10.0 Å². The maximum absolute atomic E-state index is 12.7. The van der Waals surface area contributed by atoms with Crippen LogP contribution in [0, 0.1) is 6.92 Å². The van der Waals surface area contributed by atoms with E-state index in [0.717, 1.165) is 11.1 Å². The molecular weight excluding hydrogens is 404 g/mol. The second-order valence-electron chi connectivity index (χ2n) is 6.81. The number of nitrogens with one attached hydrogen (secondary N) is 2. The highest BCUT2D eigenvalue weighted by Gasteiger charge is 2.18. The number of hydrogen-bond donors (Lipinski definition) is 2. The van der Waals surface area contributed by atoms with Crippen LogP contribution in [0.5, 0.6) is 0 Å². The number of rotatable bonds is 9. The highest BCUT2D eigenvalue weighted by molar-refractivity contribution is 7.89. The summed E-state index contributed by atoms with van der Waals surface area (Å²) < 4.78 is 37.9. The fourth-order valence-electron chi connectivity index (χ4n) is 2.87. The third-order valence-corrected chi connectivity index (χ3v) is 5.97. The Kier molecular flexibility index (Phi) is 7.04. The van der Waals surface area contributed by atoms with Gasteiger partial charge in [-0.15, -0.1) is 0 Å². The Hall–Kier alpha value is -2.94. The lowest BCUT2D eigenvalue weighted by atomic mass is 10.1. The van der Waals surface area contributed by atoms with Crippen molar-refractivity contribution in [1.29, 1.82) is 0 Å². The van der Waals surface area contributed by atoms with Crippen LogP contribution in [0.4, 0.5) is 0 Å². The van der Waals surface area contributed by atoms with Crippen molar-refractivity contribution in [3.8, 4) is 0 Å².